The number of nitriles is 1. The SMILES string of the molecule is Cc1ccc(C)c(Sc2ccc(C#N)cc2F)c1. The predicted molar refractivity (Wildman–Crippen MR) is 71.2 cm³/mol. The van der Waals surface area contributed by atoms with Gasteiger partial charge in [0.2, 0.25) is 0 Å². The molecule has 3 heteroatoms. The van der Waals surface area contributed by atoms with E-state index in [0.717, 1.165) is 16.0 Å². The topological polar surface area (TPSA) is 23.8 Å². The zero-order valence-electron chi connectivity index (χ0n) is 10.2. The van der Waals surface area contributed by atoms with Gasteiger partial charge in [0, 0.05) is 9.79 Å². The van der Waals surface area contributed by atoms with Crippen molar-refractivity contribution in [3.8, 4) is 6.07 Å². The second-order valence-corrected chi connectivity index (χ2v) is 5.21. The van der Waals surface area contributed by atoms with Gasteiger partial charge in [-0.05, 0) is 49.2 Å². The Balaban J connectivity index is 2.34. The van der Waals surface area contributed by atoms with E-state index < -0.39 is 0 Å². The van der Waals surface area contributed by atoms with Crippen LogP contribution in [0.5, 0.6) is 0 Å². The van der Waals surface area contributed by atoms with Crippen molar-refractivity contribution >= 4 is 11.8 Å². The van der Waals surface area contributed by atoms with Crippen molar-refractivity contribution in [3.63, 3.8) is 0 Å². The molecule has 0 unspecified atom stereocenters. The van der Waals surface area contributed by atoms with E-state index in [9.17, 15) is 4.39 Å². The van der Waals surface area contributed by atoms with Crippen LogP contribution in [0.25, 0.3) is 0 Å². The van der Waals surface area contributed by atoms with Crippen molar-refractivity contribution in [2.75, 3.05) is 0 Å². The third kappa shape index (κ3) is 2.72. The van der Waals surface area contributed by atoms with Crippen molar-refractivity contribution < 1.29 is 4.39 Å². The van der Waals surface area contributed by atoms with Gasteiger partial charge in [0.05, 0.1) is 11.6 Å². The molecule has 0 N–H and O–H groups in total. The molecule has 0 saturated heterocycles. The summed E-state index contributed by atoms with van der Waals surface area (Å²) < 4.78 is 13.8. The molecule has 0 aliphatic carbocycles. The summed E-state index contributed by atoms with van der Waals surface area (Å²) in [4.78, 5) is 1.58. The Kier molecular flexibility index (Phi) is 3.69. The highest BCUT2D eigenvalue weighted by Gasteiger charge is 2.07. The summed E-state index contributed by atoms with van der Waals surface area (Å²) in [5.74, 6) is -0.347. The van der Waals surface area contributed by atoms with Crippen LogP contribution >= 0.6 is 11.8 Å². The van der Waals surface area contributed by atoms with Gasteiger partial charge in [-0.1, -0.05) is 23.9 Å². The lowest BCUT2D eigenvalue weighted by atomic mass is 10.2. The van der Waals surface area contributed by atoms with E-state index in [1.165, 1.54) is 17.8 Å². The molecule has 0 radical (unpaired) electrons. The summed E-state index contributed by atoms with van der Waals surface area (Å²) in [7, 11) is 0. The average Bonchev–Trinajstić information content (AvgIpc) is 2.36. The lowest BCUT2D eigenvalue weighted by molar-refractivity contribution is 0.601. The minimum absolute atomic E-state index is 0.345. The number of benzene rings is 2. The summed E-state index contributed by atoms with van der Waals surface area (Å²) in [5.41, 5.74) is 2.62. The first-order valence-corrected chi connectivity index (χ1v) is 6.36. The van der Waals surface area contributed by atoms with Crippen molar-refractivity contribution in [2.45, 2.75) is 23.6 Å². The fourth-order valence-electron chi connectivity index (χ4n) is 1.59. The third-order valence-electron chi connectivity index (χ3n) is 2.62. The number of nitrogens with zero attached hydrogens (tertiary/aromatic N) is 1. The van der Waals surface area contributed by atoms with Gasteiger partial charge < -0.3 is 0 Å². The molecule has 0 heterocycles. The van der Waals surface area contributed by atoms with Gasteiger partial charge in [0.1, 0.15) is 5.82 Å². The molecule has 18 heavy (non-hydrogen) atoms. The molecule has 90 valence electrons. The molecule has 2 rings (SSSR count). The smallest absolute Gasteiger partial charge is 0.138 e. The molecule has 0 bridgehead atoms. The number of hydrogen-bond donors (Lipinski definition) is 0. The van der Waals surface area contributed by atoms with E-state index >= 15 is 0 Å². The monoisotopic (exact) mass is 257 g/mol. The predicted octanol–water partition coefficient (Wildman–Crippen LogP) is 4.47. The number of hydrogen-bond acceptors (Lipinski definition) is 2. The van der Waals surface area contributed by atoms with Gasteiger partial charge in [0.25, 0.3) is 0 Å². The Hall–Kier alpha value is -1.79. The second kappa shape index (κ2) is 5.24. The Morgan fingerprint density at radius 1 is 1.06 bits per heavy atom. The van der Waals surface area contributed by atoms with Crippen molar-refractivity contribution in [2.24, 2.45) is 0 Å². The maximum absolute atomic E-state index is 13.8. The highest BCUT2D eigenvalue weighted by Crippen LogP contribution is 2.32. The Morgan fingerprint density at radius 3 is 2.50 bits per heavy atom. The highest BCUT2D eigenvalue weighted by atomic mass is 32.2. The Morgan fingerprint density at radius 2 is 1.83 bits per heavy atom. The normalized spacial score (nSPS) is 10.1. The van der Waals surface area contributed by atoms with Crippen LogP contribution in [-0.4, -0.2) is 0 Å². The molecular weight excluding hydrogens is 245 g/mol. The van der Waals surface area contributed by atoms with E-state index in [2.05, 4.69) is 0 Å². The fourth-order valence-corrected chi connectivity index (χ4v) is 2.59. The minimum Gasteiger partial charge on any atom is -0.206 e. The van der Waals surface area contributed by atoms with Crippen LogP contribution in [-0.2, 0) is 0 Å². The highest BCUT2D eigenvalue weighted by molar-refractivity contribution is 7.99. The van der Waals surface area contributed by atoms with E-state index in [4.69, 9.17) is 5.26 Å². The maximum Gasteiger partial charge on any atom is 0.138 e. The largest absolute Gasteiger partial charge is 0.206 e. The molecule has 0 amide bonds. The van der Waals surface area contributed by atoms with Gasteiger partial charge in [-0.15, -0.1) is 0 Å². The number of aryl methyl sites for hydroxylation is 2. The molecule has 0 atom stereocenters. The Labute approximate surface area is 110 Å². The van der Waals surface area contributed by atoms with Crippen LogP contribution in [0.1, 0.15) is 16.7 Å². The third-order valence-corrected chi connectivity index (χ3v) is 3.84. The van der Waals surface area contributed by atoms with Crippen molar-refractivity contribution in [1.82, 2.24) is 0 Å². The molecule has 0 aliphatic heterocycles. The van der Waals surface area contributed by atoms with Gasteiger partial charge >= 0.3 is 0 Å². The number of halogens is 1. The number of rotatable bonds is 2. The minimum atomic E-state index is -0.347. The summed E-state index contributed by atoms with van der Waals surface area (Å²) in [6, 6.07) is 12.6. The summed E-state index contributed by atoms with van der Waals surface area (Å²) in [5, 5.41) is 8.70. The summed E-state index contributed by atoms with van der Waals surface area (Å²) in [6.07, 6.45) is 0. The lowest BCUT2D eigenvalue weighted by Crippen LogP contribution is -1.86. The average molecular weight is 257 g/mol. The van der Waals surface area contributed by atoms with Crippen LogP contribution in [0.15, 0.2) is 46.2 Å². The zero-order chi connectivity index (χ0) is 13.1. The van der Waals surface area contributed by atoms with Crippen molar-refractivity contribution in [3.05, 3.63) is 58.9 Å². The molecule has 0 saturated carbocycles. The van der Waals surface area contributed by atoms with Gasteiger partial charge in [0.15, 0.2) is 0 Å². The van der Waals surface area contributed by atoms with E-state index in [1.807, 2.05) is 38.1 Å². The second-order valence-electron chi connectivity index (χ2n) is 4.13. The van der Waals surface area contributed by atoms with Gasteiger partial charge in [-0.2, -0.15) is 5.26 Å². The van der Waals surface area contributed by atoms with Crippen LogP contribution in [0, 0.1) is 31.0 Å². The molecule has 0 aromatic heterocycles. The van der Waals surface area contributed by atoms with E-state index in [0.29, 0.717) is 10.5 Å². The summed E-state index contributed by atoms with van der Waals surface area (Å²) in [6.45, 7) is 4.02. The van der Waals surface area contributed by atoms with E-state index in [-0.39, 0.29) is 5.82 Å². The van der Waals surface area contributed by atoms with Crippen LogP contribution in [0.3, 0.4) is 0 Å². The zero-order valence-corrected chi connectivity index (χ0v) is 11.0. The first-order chi connectivity index (χ1) is 8.60. The van der Waals surface area contributed by atoms with Gasteiger partial charge in [-0.25, -0.2) is 4.39 Å². The molecule has 2 aromatic rings. The molecule has 1 nitrogen and oxygen atoms in total. The maximum atomic E-state index is 13.8. The lowest BCUT2D eigenvalue weighted by Gasteiger charge is -2.07. The van der Waals surface area contributed by atoms with Crippen LogP contribution < -0.4 is 0 Å². The summed E-state index contributed by atoms with van der Waals surface area (Å²) >= 11 is 1.39. The van der Waals surface area contributed by atoms with Gasteiger partial charge in [-0.3, -0.25) is 0 Å². The quantitative estimate of drug-likeness (QED) is 0.792. The van der Waals surface area contributed by atoms with Crippen LogP contribution in [0.4, 0.5) is 4.39 Å². The van der Waals surface area contributed by atoms with E-state index in [1.54, 1.807) is 12.1 Å². The molecular formula is C15H12FNS. The standard InChI is InChI=1S/C15H12FNS/c1-10-3-4-11(2)15(7-10)18-14-6-5-12(9-17)8-13(14)16/h3-8H,1-2H3. The molecule has 2 aromatic carbocycles. The first kappa shape index (κ1) is 12.7. The molecule has 0 spiro atoms. The molecule has 0 fully saturated rings. The van der Waals surface area contributed by atoms with Crippen molar-refractivity contribution in [1.29, 1.82) is 5.26 Å². The molecule has 0 aliphatic rings. The Bertz CT molecular complexity index is 629. The van der Waals surface area contributed by atoms with Crippen LogP contribution in [0.2, 0.25) is 0 Å². The first-order valence-electron chi connectivity index (χ1n) is 5.55. The fraction of sp³-hybridized carbons (Fsp3) is 0.133.